The van der Waals surface area contributed by atoms with Crippen LogP contribution in [-0.4, -0.2) is 64.1 Å². The zero-order chi connectivity index (χ0) is 18.5. The summed E-state index contributed by atoms with van der Waals surface area (Å²) in [5, 5.41) is 2.25. The molecule has 4 aliphatic rings. The average molecular weight is 384 g/mol. The van der Waals surface area contributed by atoms with Gasteiger partial charge in [-0.25, -0.2) is 0 Å². The second-order valence-corrected chi connectivity index (χ2v) is 8.09. The molecule has 4 unspecified atom stereocenters. The van der Waals surface area contributed by atoms with Crippen molar-refractivity contribution in [1.82, 2.24) is 0 Å². The van der Waals surface area contributed by atoms with Crippen LogP contribution < -0.4 is 9.47 Å². The fourth-order valence-corrected chi connectivity index (χ4v) is 3.59. The molecule has 4 saturated heterocycles. The maximum absolute atomic E-state index is 6.24. The van der Waals surface area contributed by atoms with Gasteiger partial charge < -0.3 is 28.4 Å². The van der Waals surface area contributed by atoms with Crippen LogP contribution in [0, 0.1) is 0 Å². The van der Waals surface area contributed by atoms with Crippen molar-refractivity contribution in [2.75, 3.05) is 39.6 Å². The lowest BCUT2D eigenvalue weighted by molar-refractivity contribution is 0.259. The number of benzene rings is 2. The maximum atomic E-state index is 6.24. The number of rotatable bonds is 10. The Kier molecular flexibility index (Phi) is 4.19. The minimum Gasteiger partial charge on any atom is -0.490 e. The minimum absolute atomic E-state index is 0.217. The van der Waals surface area contributed by atoms with E-state index in [1.165, 1.54) is 11.1 Å². The highest BCUT2D eigenvalue weighted by Gasteiger charge is 2.29. The van der Waals surface area contributed by atoms with Crippen LogP contribution in [0.3, 0.4) is 0 Å². The summed E-state index contributed by atoms with van der Waals surface area (Å²) >= 11 is 0. The van der Waals surface area contributed by atoms with Gasteiger partial charge in [0.15, 0.2) is 0 Å². The normalized spacial score (nSPS) is 29.6. The molecule has 28 heavy (non-hydrogen) atoms. The minimum atomic E-state index is 0.217. The van der Waals surface area contributed by atoms with Gasteiger partial charge in [0, 0.05) is 18.2 Å². The van der Waals surface area contributed by atoms with E-state index in [0.29, 0.717) is 25.4 Å². The van der Waals surface area contributed by atoms with E-state index in [1.807, 2.05) is 0 Å². The van der Waals surface area contributed by atoms with Crippen LogP contribution in [0.5, 0.6) is 11.5 Å². The van der Waals surface area contributed by atoms with Gasteiger partial charge in [-0.05, 0) is 28.6 Å². The first-order chi connectivity index (χ1) is 13.8. The molecular formula is C22H24O6. The van der Waals surface area contributed by atoms with Gasteiger partial charge in [0.25, 0.3) is 0 Å². The Morgan fingerprint density at radius 3 is 1.96 bits per heavy atom. The first-order valence-electron chi connectivity index (χ1n) is 10.1. The summed E-state index contributed by atoms with van der Waals surface area (Å²) in [4.78, 5) is 0. The Morgan fingerprint density at radius 1 is 0.714 bits per heavy atom. The summed E-state index contributed by atoms with van der Waals surface area (Å²) in [7, 11) is 0. The molecule has 0 amide bonds. The Hall–Kier alpha value is -1.86. The lowest BCUT2D eigenvalue weighted by Gasteiger charge is -2.17. The molecule has 0 bridgehead atoms. The monoisotopic (exact) mass is 384 g/mol. The molecule has 2 aromatic carbocycles. The van der Waals surface area contributed by atoms with E-state index >= 15 is 0 Å². The molecule has 0 saturated carbocycles. The maximum Gasteiger partial charge on any atom is 0.130 e. The molecule has 4 aliphatic heterocycles. The zero-order valence-electron chi connectivity index (χ0n) is 15.7. The Labute approximate surface area is 163 Å². The third-order valence-electron chi connectivity index (χ3n) is 5.58. The molecule has 0 radical (unpaired) electrons. The smallest absolute Gasteiger partial charge is 0.130 e. The first kappa shape index (κ1) is 17.0. The van der Waals surface area contributed by atoms with Crippen molar-refractivity contribution in [1.29, 1.82) is 0 Å². The predicted molar refractivity (Wildman–Crippen MR) is 101 cm³/mol. The zero-order valence-corrected chi connectivity index (χ0v) is 15.7. The average Bonchev–Trinajstić information content (AvgIpc) is 3.54. The summed E-state index contributed by atoms with van der Waals surface area (Å²) in [5.74, 6) is 1.84. The largest absolute Gasteiger partial charge is 0.490 e. The number of fused-ring (bicyclic) bond motifs is 1. The van der Waals surface area contributed by atoms with Gasteiger partial charge >= 0.3 is 0 Å². The molecule has 148 valence electrons. The van der Waals surface area contributed by atoms with Crippen molar-refractivity contribution < 1.29 is 28.4 Å². The first-order valence-corrected chi connectivity index (χ1v) is 10.1. The van der Waals surface area contributed by atoms with Crippen LogP contribution in [0.2, 0.25) is 0 Å². The van der Waals surface area contributed by atoms with Gasteiger partial charge in [0.05, 0.1) is 38.6 Å². The van der Waals surface area contributed by atoms with Crippen LogP contribution in [0.15, 0.2) is 24.3 Å². The summed E-state index contributed by atoms with van der Waals surface area (Å²) in [5.41, 5.74) is 2.37. The highest BCUT2D eigenvalue weighted by Crippen LogP contribution is 2.38. The van der Waals surface area contributed by atoms with E-state index in [1.54, 1.807) is 0 Å². The van der Waals surface area contributed by atoms with Gasteiger partial charge in [-0.1, -0.05) is 12.1 Å². The molecule has 6 nitrogen and oxygen atoms in total. The summed E-state index contributed by atoms with van der Waals surface area (Å²) in [6.07, 6.45) is 2.81. The molecule has 0 N–H and O–H groups in total. The van der Waals surface area contributed by atoms with Gasteiger partial charge in [0.1, 0.15) is 36.9 Å². The van der Waals surface area contributed by atoms with Crippen LogP contribution in [0.25, 0.3) is 10.8 Å². The number of hydrogen-bond acceptors (Lipinski definition) is 6. The molecule has 0 spiro atoms. The van der Waals surface area contributed by atoms with Crippen LogP contribution >= 0.6 is 0 Å². The molecule has 6 rings (SSSR count). The molecule has 4 heterocycles. The van der Waals surface area contributed by atoms with E-state index in [-0.39, 0.29) is 12.2 Å². The second-order valence-electron chi connectivity index (χ2n) is 8.09. The molecular weight excluding hydrogens is 360 g/mol. The van der Waals surface area contributed by atoms with Crippen molar-refractivity contribution in [3.8, 4) is 11.5 Å². The molecule has 2 aromatic rings. The molecule has 4 fully saturated rings. The summed E-state index contributed by atoms with van der Waals surface area (Å²) in [6, 6.07) is 8.70. The van der Waals surface area contributed by atoms with Gasteiger partial charge in [-0.15, -0.1) is 0 Å². The van der Waals surface area contributed by atoms with Gasteiger partial charge in [-0.3, -0.25) is 0 Å². The molecule has 6 heteroatoms. The number of epoxide rings is 4. The van der Waals surface area contributed by atoms with Gasteiger partial charge in [-0.2, -0.15) is 0 Å². The third kappa shape index (κ3) is 3.96. The van der Waals surface area contributed by atoms with E-state index in [4.69, 9.17) is 28.4 Å². The van der Waals surface area contributed by atoms with Gasteiger partial charge in [0.2, 0.25) is 0 Å². The van der Waals surface area contributed by atoms with Crippen molar-refractivity contribution >= 4 is 10.8 Å². The van der Waals surface area contributed by atoms with E-state index in [0.717, 1.165) is 61.5 Å². The fourth-order valence-electron chi connectivity index (χ4n) is 3.59. The topological polar surface area (TPSA) is 68.6 Å². The van der Waals surface area contributed by atoms with Crippen LogP contribution in [-0.2, 0) is 31.8 Å². The van der Waals surface area contributed by atoms with Crippen LogP contribution in [0.4, 0.5) is 0 Å². The highest BCUT2D eigenvalue weighted by molar-refractivity contribution is 5.91. The fraction of sp³-hybridized carbons (Fsp3) is 0.545. The molecule has 4 atom stereocenters. The Balaban J connectivity index is 1.38. The summed E-state index contributed by atoms with van der Waals surface area (Å²) < 4.78 is 33.9. The summed E-state index contributed by atoms with van der Waals surface area (Å²) in [6.45, 7) is 4.41. The van der Waals surface area contributed by atoms with Crippen LogP contribution in [0.1, 0.15) is 11.1 Å². The third-order valence-corrected chi connectivity index (χ3v) is 5.58. The Bertz CT molecular complexity index is 868. The number of ether oxygens (including phenoxy) is 6. The van der Waals surface area contributed by atoms with Crippen molar-refractivity contribution in [3.05, 3.63) is 35.4 Å². The lowest BCUT2D eigenvalue weighted by Crippen LogP contribution is -2.09. The van der Waals surface area contributed by atoms with Crippen molar-refractivity contribution in [2.24, 2.45) is 0 Å². The van der Waals surface area contributed by atoms with E-state index in [2.05, 4.69) is 24.3 Å². The lowest BCUT2D eigenvalue weighted by atomic mass is 9.98. The van der Waals surface area contributed by atoms with E-state index in [9.17, 15) is 0 Å². The molecule has 0 aliphatic carbocycles. The van der Waals surface area contributed by atoms with Crippen molar-refractivity contribution in [2.45, 2.75) is 37.3 Å². The van der Waals surface area contributed by atoms with Crippen molar-refractivity contribution in [3.63, 3.8) is 0 Å². The standard InChI is InChI=1S/C22H24O6/c1-2-14(4-16-7-23-16)22(28-12-19-10-26-19)20-6-21(27-11-18-9-25-18)15(3-13(1)20)5-17-8-24-17/h1-3,6,16-19H,4-5,7-12H2. The van der Waals surface area contributed by atoms with E-state index < -0.39 is 0 Å². The highest BCUT2D eigenvalue weighted by atomic mass is 16.6. The number of hydrogen-bond donors (Lipinski definition) is 0. The molecule has 0 aromatic heterocycles. The quantitative estimate of drug-likeness (QED) is 0.586. The second kappa shape index (κ2) is 6.88. The SMILES string of the molecule is c1cc2cc(CC3CO3)c(OCC3CO3)cc2c(OCC2CO2)c1CC1CO1. The predicted octanol–water partition coefficient (Wildman–Crippen LogP) is 2.28. The Morgan fingerprint density at radius 2 is 1.32 bits per heavy atom.